The first-order chi connectivity index (χ1) is 9.52. The summed E-state index contributed by atoms with van der Waals surface area (Å²) in [5.41, 5.74) is 1.04. The highest BCUT2D eigenvalue weighted by molar-refractivity contribution is 9.10. The van der Waals surface area contributed by atoms with Gasteiger partial charge in [-0.1, -0.05) is 29.8 Å². The van der Waals surface area contributed by atoms with Crippen LogP contribution < -0.4 is 4.74 Å². The standard InChI is InChI=1S/C15H13BrClFO2/c1-20-14-4-2-3-10(15(14)18)8-13(19)9-5-6-11(16)12(17)7-9/h2-7,13,19H,8H2,1H3. The topological polar surface area (TPSA) is 29.5 Å². The number of benzene rings is 2. The highest BCUT2D eigenvalue weighted by atomic mass is 79.9. The van der Waals surface area contributed by atoms with E-state index in [4.69, 9.17) is 16.3 Å². The van der Waals surface area contributed by atoms with E-state index in [0.29, 0.717) is 16.1 Å². The first-order valence-electron chi connectivity index (χ1n) is 5.97. The molecule has 2 rings (SSSR count). The maximum absolute atomic E-state index is 14.0. The second-order valence-electron chi connectivity index (χ2n) is 4.33. The molecule has 0 heterocycles. The van der Waals surface area contributed by atoms with Crippen molar-refractivity contribution in [3.05, 3.63) is 62.8 Å². The van der Waals surface area contributed by atoms with E-state index in [1.807, 2.05) is 0 Å². The molecular weight excluding hydrogens is 347 g/mol. The Morgan fingerprint density at radius 2 is 2.10 bits per heavy atom. The van der Waals surface area contributed by atoms with Gasteiger partial charge in [0.2, 0.25) is 0 Å². The molecule has 0 saturated carbocycles. The van der Waals surface area contributed by atoms with Crippen molar-refractivity contribution in [3.63, 3.8) is 0 Å². The second-order valence-corrected chi connectivity index (χ2v) is 5.59. The lowest BCUT2D eigenvalue weighted by Gasteiger charge is -2.13. The minimum atomic E-state index is -0.831. The number of hydrogen-bond acceptors (Lipinski definition) is 2. The number of ether oxygens (including phenoxy) is 1. The molecule has 1 unspecified atom stereocenters. The Balaban J connectivity index is 2.23. The van der Waals surface area contributed by atoms with Gasteiger partial charge in [-0.25, -0.2) is 4.39 Å². The van der Waals surface area contributed by atoms with E-state index in [2.05, 4.69) is 15.9 Å². The highest BCUT2D eigenvalue weighted by Crippen LogP contribution is 2.29. The molecule has 0 fully saturated rings. The second kappa shape index (κ2) is 6.57. The smallest absolute Gasteiger partial charge is 0.168 e. The Labute approximate surface area is 130 Å². The number of halogens is 3. The predicted octanol–water partition coefficient (Wildman–Crippen LogP) is 4.53. The summed E-state index contributed by atoms with van der Waals surface area (Å²) >= 11 is 9.27. The fraction of sp³-hybridized carbons (Fsp3) is 0.200. The van der Waals surface area contributed by atoms with E-state index < -0.39 is 11.9 Å². The van der Waals surface area contributed by atoms with Gasteiger partial charge in [-0.2, -0.15) is 0 Å². The van der Waals surface area contributed by atoms with E-state index in [9.17, 15) is 9.50 Å². The van der Waals surface area contributed by atoms with Crippen molar-refractivity contribution in [2.45, 2.75) is 12.5 Å². The van der Waals surface area contributed by atoms with Crippen LogP contribution in [0.25, 0.3) is 0 Å². The van der Waals surface area contributed by atoms with Crippen molar-refractivity contribution in [3.8, 4) is 5.75 Å². The van der Waals surface area contributed by atoms with Gasteiger partial charge in [0.05, 0.1) is 18.2 Å². The van der Waals surface area contributed by atoms with Crippen molar-refractivity contribution in [2.24, 2.45) is 0 Å². The van der Waals surface area contributed by atoms with Crippen LogP contribution in [0.3, 0.4) is 0 Å². The lowest BCUT2D eigenvalue weighted by Crippen LogP contribution is -2.04. The van der Waals surface area contributed by atoms with Gasteiger partial charge in [-0.05, 0) is 45.3 Å². The van der Waals surface area contributed by atoms with Crippen LogP contribution in [0.1, 0.15) is 17.2 Å². The summed E-state index contributed by atoms with van der Waals surface area (Å²) < 4.78 is 19.7. The molecule has 0 saturated heterocycles. The average molecular weight is 360 g/mol. The van der Waals surface area contributed by atoms with Crippen LogP contribution in [-0.4, -0.2) is 12.2 Å². The SMILES string of the molecule is COc1cccc(CC(O)c2ccc(Br)c(Cl)c2)c1F. The molecule has 2 aromatic carbocycles. The Hall–Kier alpha value is -1.10. The van der Waals surface area contributed by atoms with Gasteiger partial charge in [-0.3, -0.25) is 0 Å². The summed E-state index contributed by atoms with van der Waals surface area (Å²) in [6.07, 6.45) is -0.678. The van der Waals surface area contributed by atoms with E-state index in [-0.39, 0.29) is 12.2 Å². The molecule has 0 amide bonds. The molecule has 0 bridgehead atoms. The molecule has 0 aromatic heterocycles. The van der Waals surface area contributed by atoms with Crippen molar-refractivity contribution >= 4 is 27.5 Å². The quantitative estimate of drug-likeness (QED) is 0.869. The fourth-order valence-corrected chi connectivity index (χ4v) is 2.35. The zero-order valence-corrected chi connectivity index (χ0v) is 13.1. The van der Waals surface area contributed by atoms with Gasteiger partial charge in [0, 0.05) is 10.9 Å². The number of hydrogen-bond donors (Lipinski definition) is 1. The van der Waals surface area contributed by atoms with Gasteiger partial charge in [0.1, 0.15) is 0 Å². The molecular formula is C15H13BrClFO2. The molecule has 0 spiro atoms. The largest absolute Gasteiger partial charge is 0.494 e. The minimum absolute atomic E-state index is 0.154. The lowest BCUT2D eigenvalue weighted by atomic mass is 10.0. The highest BCUT2D eigenvalue weighted by Gasteiger charge is 2.15. The number of rotatable bonds is 4. The van der Waals surface area contributed by atoms with Crippen molar-refractivity contribution < 1.29 is 14.2 Å². The molecule has 2 aromatic rings. The van der Waals surface area contributed by atoms with E-state index in [0.717, 1.165) is 4.47 Å². The molecule has 1 N–H and O–H groups in total. The summed E-state index contributed by atoms with van der Waals surface area (Å²) in [5.74, 6) is -0.277. The van der Waals surface area contributed by atoms with Gasteiger partial charge in [0.15, 0.2) is 11.6 Å². The van der Waals surface area contributed by atoms with Crippen LogP contribution in [0.2, 0.25) is 5.02 Å². The molecule has 1 atom stereocenters. The molecule has 0 aliphatic rings. The first-order valence-corrected chi connectivity index (χ1v) is 7.14. The van der Waals surface area contributed by atoms with Gasteiger partial charge < -0.3 is 9.84 Å². The maximum Gasteiger partial charge on any atom is 0.168 e. The van der Waals surface area contributed by atoms with Crippen molar-refractivity contribution in [2.75, 3.05) is 7.11 Å². The molecule has 106 valence electrons. The molecule has 0 aliphatic carbocycles. The summed E-state index contributed by atoms with van der Waals surface area (Å²) in [5, 5.41) is 10.7. The minimum Gasteiger partial charge on any atom is -0.494 e. The first kappa shape index (κ1) is 15.3. The van der Waals surface area contributed by atoms with Gasteiger partial charge in [0.25, 0.3) is 0 Å². The lowest BCUT2D eigenvalue weighted by molar-refractivity contribution is 0.177. The molecule has 0 radical (unpaired) electrons. The van der Waals surface area contributed by atoms with Crippen LogP contribution in [0.15, 0.2) is 40.9 Å². The van der Waals surface area contributed by atoms with Gasteiger partial charge >= 0.3 is 0 Å². The summed E-state index contributed by atoms with van der Waals surface area (Å²) in [4.78, 5) is 0. The average Bonchev–Trinajstić information content (AvgIpc) is 2.44. The number of aliphatic hydroxyl groups is 1. The number of aliphatic hydroxyl groups excluding tert-OH is 1. The normalized spacial score (nSPS) is 12.2. The Kier molecular flexibility index (Phi) is 5.02. The van der Waals surface area contributed by atoms with Crippen LogP contribution in [-0.2, 0) is 6.42 Å². The molecule has 20 heavy (non-hydrogen) atoms. The fourth-order valence-electron chi connectivity index (χ4n) is 1.92. The third-order valence-corrected chi connectivity index (χ3v) is 4.24. The van der Waals surface area contributed by atoms with Crippen LogP contribution in [0, 0.1) is 5.82 Å². The van der Waals surface area contributed by atoms with E-state index in [1.165, 1.54) is 7.11 Å². The third kappa shape index (κ3) is 3.32. The predicted molar refractivity (Wildman–Crippen MR) is 80.8 cm³/mol. The third-order valence-electron chi connectivity index (χ3n) is 3.00. The monoisotopic (exact) mass is 358 g/mol. The van der Waals surface area contributed by atoms with Crippen molar-refractivity contribution in [1.82, 2.24) is 0 Å². The van der Waals surface area contributed by atoms with Crippen LogP contribution >= 0.6 is 27.5 Å². The van der Waals surface area contributed by atoms with Crippen LogP contribution in [0.4, 0.5) is 4.39 Å². The Morgan fingerprint density at radius 3 is 2.75 bits per heavy atom. The molecule has 5 heteroatoms. The van der Waals surface area contributed by atoms with Crippen molar-refractivity contribution in [1.29, 1.82) is 0 Å². The molecule has 0 aliphatic heterocycles. The van der Waals surface area contributed by atoms with E-state index >= 15 is 0 Å². The van der Waals surface area contributed by atoms with Gasteiger partial charge in [-0.15, -0.1) is 0 Å². The summed E-state index contributed by atoms with van der Waals surface area (Å²) in [6, 6.07) is 10.0. The number of methoxy groups -OCH3 is 1. The maximum atomic E-state index is 14.0. The zero-order valence-electron chi connectivity index (χ0n) is 10.7. The van der Waals surface area contributed by atoms with Crippen LogP contribution in [0.5, 0.6) is 5.75 Å². The molecule has 2 nitrogen and oxygen atoms in total. The summed E-state index contributed by atoms with van der Waals surface area (Å²) in [6.45, 7) is 0. The Bertz CT molecular complexity index is 619. The zero-order chi connectivity index (χ0) is 14.7. The summed E-state index contributed by atoms with van der Waals surface area (Å²) in [7, 11) is 1.41. The Morgan fingerprint density at radius 1 is 1.35 bits per heavy atom. The van der Waals surface area contributed by atoms with E-state index in [1.54, 1.807) is 36.4 Å².